The summed E-state index contributed by atoms with van der Waals surface area (Å²) in [5, 5.41) is 1.24. The van der Waals surface area contributed by atoms with Gasteiger partial charge >= 0.3 is 0 Å². The lowest BCUT2D eigenvalue weighted by atomic mass is 9.73. The van der Waals surface area contributed by atoms with Gasteiger partial charge in [-0.15, -0.1) is 9.24 Å². The molecule has 19 heavy (non-hydrogen) atoms. The zero-order valence-electron chi connectivity index (χ0n) is 12.2. The van der Waals surface area contributed by atoms with E-state index >= 15 is 0 Å². The molecule has 1 atom stereocenters. The molecule has 106 valence electrons. The molecule has 0 radical (unpaired) electrons. The molecule has 0 N–H and O–H groups in total. The van der Waals surface area contributed by atoms with Gasteiger partial charge in [-0.25, -0.2) is 0 Å². The zero-order chi connectivity index (χ0) is 13.3. The van der Waals surface area contributed by atoms with Gasteiger partial charge in [0.1, 0.15) is 0 Å². The van der Waals surface area contributed by atoms with Gasteiger partial charge in [-0.05, 0) is 17.1 Å². The van der Waals surface area contributed by atoms with Crippen LogP contribution in [0.15, 0.2) is 30.3 Å². The molecule has 3 rings (SSSR count). The molecule has 0 saturated heterocycles. The van der Waals surface area contributed by atoms with Crippen LogP contribution in [0.1, 0.15) is 64.2 Å². The fourth-order valence-electron chi connectivity index (χ4n) is 3.66. The van der Waals surface area contributed by atoms with Crippen LogP contribution in [0.4, 0.5) is 0 Å². The average Bonchev–Trinajstić information content (AvgIpc) is 2.51. The predicted octanol–water partition coefficient (Wildman–Crippen LogP) is 5.33. The van der Waals surface area contributed by atoms with Gasteiger partial charge in [-0.1, -0.05) is 94.5 Å². The van der Waals surface area contributed by atoms with E-state index in [4.69, 9.17) is 0 Å². The van der Waals surface area contributed by atoms with Crippen LogP contribution in [0.2, 0.25) is 0 Å². The molecule has 1 heteroatoms. The summed E-state index contributed by atoms with van der Waals surface area (Å²) in [7, 11) is 2.63. The van der Waals surface area contributed by atoms with Crippen LogP contribution in [0, 0.1) is 11.8 Å². The van der Waals surface area contributed by atoms with Crippen molar-refractivity contribution in [3.05, 3.63) is 30.3 Å². The first kappa shape index (κ1) is 15.0. The minimum atomic E-state index is 1.14. The second-order valence-corrected chi connectivity index (χ2v) is 6.87. The molecule has 0 amide bonds. The molecule has 1 unspecified atom stereocenters. The van der Waals surface area contributed by atoms with E-state index in [0.29, 0.717) is 0 Å². The Morgan fingerprint density at radius 2 is 1.05 bits per heavy atom. The van der Waals surface area contributed by atoms with E-state index in [2.05, 4.69) is 9.24 Å². The topological polar surface area (TPSA) is 0 Å². The van der Waals surface area contributed by atoms with Crippen molar-refractivity contribution < 1.29 is 0 Å². The van der Waals surface area contributed by atoms with E-state index in [1.165, 1.54) is 43.8 Å². The maximum Gasteiger partial charge on any atom is -0.0303 e. The van der Waals surface area contributed by atoms with Gasteiger partial charge in [-0.3, -0.25) is 0 Å². The van der Waals surface area contributed by atoms with Crippen molar-refractivity contribution in [2.45, 2.75) is 64.2 Å². The Labute approximate surface area is 121 Å². The van der Waals surface area contributed by atoms with Gasteiger partial charge in [0.05, 0.1) is 0 Å². The highest BCUT2D eigenvalue weighted by Gasteiger charge is 2.24. The highest BCUT2D eigenvalue weighted by molar-refractivity contribution is 7.27. The summed E-state index contributed by atoms with van der Waals surface area (Å²) < 4.78 is 0. The summed E-state index contributed by atoms with van der Waals surface area (Å²) in [6, 6.07) is 10.1. The minimum absolute atomic E-state index is 1.14. The second kappa shape index (κ2) is 8.75. The summed E-state index contributed by atoms with van der Waals surface area (Å²) in [4.78, 5) is 0. The Morgan fingerprint density at radius 1 is 0.632 bits per heavy atom. The van der Waals surface area contributed by atoms with Crippen molar-refractivity contribution in [2.24, 2.45) is 11.8 Å². The maximum absolute atomic E-state index is 2.63. The molecule has 0 aliphatic heterocycles. The van der Waals surface area contributed by atoms with Crippen molar-refractivity contribution in [2.75, 3.05) is 0 Å². The quantitative estimate of drug-likeness (QED) is 0.608. The van der Waals surface area contributed by atoms with Crippen LogP contribution in [-0.2, 0) is 0 Å². The van der Waals surface area contributed by atoms with E-state index in [1.807, 2.05) is 30.3 Å². The molecule has 0 bridgehead atoms. The van der Waals surface area contributed by atoms with Crippen LogP contribution in [0.5, 0.6) is 0 Å². The fourth-order valence-corrected chi connectivity index (χ4v) is 3.89. The van der Waals surface area contributed by atoms with E-state index < -0.39 is 0 Å². The smallest absolute Gasteiger partial charge is 0.0303 e. The molecular weight excluding hydrogens is 247 g/mol. The lowest BCUT2D eigenvalue weighted by Gasteiger charge is -2.32. The van der Waals surface area contributed by atoms with E-state index in [0.717, 1.165) is 11.8 Å². The van der Waals surface area contributed by atoms with Crippen molar-refractivity contribution in [1.29, 1.82) is 0 Å². The van der Waals surface area contributed by atoms with Gasteiger partial charge in [0.2, 0.25) is 0 Å². The van der Waals surface area contributed by atoms with Gasteiger partial charge in [0.25, 0.3) is 0 Å². The van der Waals surface area contributed by atoms with Crippen molar-refractivity contribution >= 4 is 14.5 Å². The Kier molecular flexibility index (Phi) is 6.93. The molecule has 2 fully saturated rings. The predicted molar refractivity (Wildman–Crippen MR) is 88.9 cm³/mol. The standard InChI is InChI=1S/C12H22.C6H7P/c1-3-7-11(8-4-1)12-9-5-2-6-10-12;7-6-4-2-1-3-5-6/h11-12H,1-10H2;1-5H,7H2. The molecule has 0 aromatic heterocycles. The average molecular weight is 276 g/mol. The summed E-state index contributed by atoms with van der Waals surface area (Å²) in [6.45, 7) is 0. The van der Waals surface area contributed by atoms with Gasteiger partial charge in [0.15, 0.2) is 0 Å². The third kappa shape index (κ3) is 5.65. The van der Waals surface area contributed by atoms with Gasteiger partial charge in [0, 0.05) is 0 Å². The molecule has 0 heterocycles. The third-order valence-corrected chi connectivity index (χ3v) is 5.15. The molecule has 0 nitrogen and oxygen atoms in total. The van der Waals surface area contributed by atoms with Crippen LogP contribution in [-0.4, -0.2) is 0 Å². The monoisotopic (exact) mass is 276 g/mol. The summed E-state index contributed by atoms with van der Waals surface area (Å²) in [6.07, 6.45) is 15.4. The molecule has 0 spiro atoms. The van der Waals surface area contributed by atoms with Crippen LogP contribution in [0.3, 0.4) is 0 Å². The SMILES string of the molecule is C1CCC(C2CCCCC2)CC1.Pc1ccccc1. The summed E-state index contributed by atoms with van der Waals surface area (Å²) in [5.41, 5.74) is 0. The fraction of sp³-hybridized carbons (Fsp3) is 0.667. The maximum atomic E-state index is 2.63. The lowest BCUT2D eigenvalue weighted by Crippen LogP contribution is -2.20. The summed E-state index contributed by atoms with van der Waals surface area (Å²) >= 11 is 0. The van der Waals surface area contributed by atoms with Crippen molar-refractivity contribution in [1.82, 2.24) is 0 Å². The third-order valence-electron chi connectivity index (χ3n) is 4.77. The van der Waals surface area contributed by atoms with Crippen molar-refractivity contribution in [3.8, 4) is 0 Å². The molecule has 1 aromatic carbocycles. The molecule has 2 aliphatic carbocycles. The summed E-state index contributed by atoms with van der Waals surface area (Å²) in [5.74, 6) is 2.28. The van der Waals surface area contributed by atoms with E-state index in [9.17, 15) is 0 Å². The number of hydrogen-bond acceptors (Lipinski definition) is 0. The van der Waals surface area contributed by atoms with Crippen LogP contribution < -0.4 is 5.30 Å². The Bertz CT molecular complexity index is 305. The molecule has 2 aliphatic rings. The van der Waals surface area contributed by atoms with Crippen LogP contribution in [0.25, 0.3) is 0 Å². The van der Waals surface area contributed by atoms with Crippen LogP contribution >= 0.6 is 9.24 Å². The van der Waals surface area contributed by atoms with E-state index in [1.54, 1.807) is 25.7 Å². The minimum Gasteiger partial charge on any atom is -0.106 e. The van der Waals surface area contributed by atoms with Crippen molar-refractivity contribution in [3.63, 3.8) is 0 Å². The number of rotatable bonds is 1. The molecule has 2 saturated carbocycles. The normalized spacial score (nSPS) is 21.5. The second-order valence-electron chi connectivity index (χ2n) is 6.21. The number of hydrogen-bond donors (Lipinski definition) is 0. The van der Waals surface area contributed by atoms with E-state index in [-0.39, 0.29) is 0 Å². The van der Waals surface area contributed by atoms with Gasteiger partial charge < -0.3 is 0 Å². The number of benzene rings is 1. The largest absolute Gasteiger partial charge is 0.106 e. The first-order valence-electron chi connectivity index (χ1n) is 8.17. The lowest BCUT2D eigenvalue weighted by molar-refractivity contribution is 0.196. The first-order valence-corrected chi connectivity index (χ1v) is 8.74. The Hall–Kier alpha value is -0.350. The Morgan fingerprint density at radius 3 is 1.37 bits per heavy atom. The Balaban J connectivity index is 0.000000163. The zero-order valence-corrected chi connectivity index (χ0v) is 13.3. The first-order chi connectivity index (χ1) is 9.36. The van der Waals surface area contributed by atoms with Gasteiger partial charge in [-0.2, -0.15) is 0 Å². The highest BCUT2D eigenvalue weighted by atomic mass is 31.0. The molecular formula is C18H29P. The molecule has 1 aromatic rings. The highest BCUT2D eigenvalue weighted by Crippen LogP contribution is 2.37.